The minimum atomic E-state index is -2.33. The van der Waals surface area contributed by atoms with Crippen LogP contribution in [0.25, 0.3) is 0 Å². The van der Waals surface area contributed by atoms with Gasteiger partial charge in [0.25, 0.3) is 0 Å². The van der Waals surface area contributed by atoms with Gasteiger partial charge in [0.2, 0.25) is 0 Å². The van der Waals surface area contributed by atoms with Crippen molar-refractivity contribution in [2.75, 3.05) is 0 Å². The van der Waals surface area contributed by atoms with E-state index < -0.39 is 18.4 Å². The minimum absolute atomic E-state index is 0.866. The second-order valence-corrected chi connectivity index (χ2v) is 23.0. The zero-order chi connectivity index (χ0) is 13.2. The number of rotatable bonds is 4. The molecule has 0 aliphatic rings. The van der Waals surface area contributed by atoms with E-state index >= 15 is 0 Å². The molecule has 0 spiro atoms. The van der Waals surface area contributed by atoms with Gasteiger partial charge in [-0.3, -0.25) is 0 Å². The molecule has 0 nitrogen and oxygen atoms in total. The maximum atomic E-state index is 2.46. The van der Waals surface area contributed by atoms with Crippen molar-refractivity contribution in [3.05, 3.63) is 29.8 Å². The van der Waals surface area contributed by atoms with E-state index in [9.17, 15) is 0 Å². The van der Waals surface area contributed by atoms with Crippen molar-refractivity contribution in [2.24, 2.45) is 0 Å². The first-order valence-corrected chi connectivity index (χ1v) is 13.3. The standard InChI is InChI=1S/C7H7.3C3H7.Sn/c1-7-5-3-2-4-6-7;3*1-3-2;/h2-5H,1H3;3*3H,1-2H3;. The Morgan fingerprint density at radius 3 is 1.53 bits per heavy atom. The molecule has 0 saturated carbocycles. The van der Waals surface area contributed by atoms with Gasteiger partial charge in [-0.1, -0.05) is 0 Å². The summed E-state index contributed by atoms with van der Waals surface area (Å²) in [7, 11) is 0. The Labute approximate surface area is 112 Å². The molecule has 0 heterocycles. The van der Waals surface area contributed by atoms with E-state index in [4.69, 9.17) is 0 Å². The number of hydrogen-bond donors (Lipinski definition) is 0. The average molecular weight is 339 g/mol. The Morgan fingerprint density at radius 1 is 0.765 bits per heavy atom. The molecule has 0 amide bonds. The average Bonchev–Trinajstić information content (AvgIpc) is 2.19. The van der Waals surface area contributed by atoms with Crippen molar-refractivity contribution in [3.63, 3.8) is 0 Å². The molecular weight excluding hydrogens is 311 g/mol. The van der Waals surface area contributed by atoms with Gasteiger partial charge in [-0.2, -0.15) is 0 Å². The van der Waals surface area contributed by atoms with Gasteiger partial charge in [-0.05, 0) is 0 Å². The zero-order valence-corrected chi connectivity index (χ0v) is 15.4. The molecule has 1 rings (SSSR count). The second-order valence-electron chi connectivity index (χ2n) is 6.21. The van der Waals surface area contributed by atoms with Crippen LogP contribution in [0.2, 0.25) is 11.8 Å². The molecule has 17 heavy (non-hydrogen) atoms. The molecule has 0 bridgehead atoms. The van der Waals surface area contributed by atoms with Crippen LogP contribution < -0.4 is 3.58 Å². The monoisotopic (exact) mass is 340 g/mol. The molecular formula is C16H28Sn. The Morgan fingerprint density at radius 2 is 1.18 bits per heavy atom. The molecule has 1 aromatic rings. The summed E-state index contributed by atoms with van der Waals surface area (Å²) in [4.78, 5) is 0. The molecule has 1 heteroatoms. The quantitative estimate of drug-likeness (QED) is 0.686. The summed E-state index contributed by atoms with van der Waals surface area (Å²) < 4.78 is 4.35. The third kappa shape index (κ3) is 2.57. The molecule has 0 saturated heterocycles. The van der Waals surface area contributed by atoms with Crippen LogP contribution in [0.5, 0.6) is 0 Å². The number of hydrogen-bond acceptors (Lipinski definition) is 0. The van der Waals surface area contributed by atoms with Crippen LogP contribution in [-0.4, -0.2) is 18.4 Å². The van der Waals surface area contributed by atoms with Crippen LogP contribution >= 0.6 is 0 Å². The van der Waals surface area contributed by atoms with Crippen LogP contribution in [-0.2, 0) is 0 Å². The molecule has 0 aliphatic carbocycles. The molecule has 0 N–H and O–H groups in total. The van der Waals surface area contributed by atoms with Gasteiger partial charge in [0.05, 0.1) is 0 Å². The Kier molecular flexibility index (Phi) is 5.12. The zero-order valence-electron chi connectivity index (χ0n) is 12.5. The van der Waals surface area contributed by atoms with E-state index in [0.29, 0.717) is 0 Å². The Hall–Kier alpha value is 0.0187. The molecule has 1 aromatic carbocycles. The van der Waals surface area contributed by atoms with Gasteiger partial charge in [-0.25, -0.2) is 0 Å². The van der Waals surface area contributed by atoms with E-state index in [-0.39, 0.29) is 0 Å². The normalized spacial score (nSPS) is 12.8. The SMILES string of the molecule is Cc1cccc[c]1[Sn]([CH](C)C)([CH](C)C)[CH](C)C. The van der Waals surface area contributed by atoms with Crippen LogP contribution in [0.4, 0.5) is 0 Å². The van der Waals surface area contributed by atoms with Crippen LogP contribution in [0.1, 0.15) is 47.1 Å². The van der Waals surface area contributed by atoms with Crippen molar-refractivity contribution in [1.82, 2.24) is 0 Å². The van der Waals surface area contributed by atoms with Crippen LogP contribution in [0, 0.1) is 6.92 Å². The van der Waals surface area contributed by atoms with Gasteiger partial charge in [0, 0.05) is 0 Å². The summed E-state index contributed by atoms with van der Waals surface area (Å²) in [6, 6.07) is 9.14. The topological polar surface area (TPSA) is 0 Å². The van der Waals surface area contributed by atoms with E-state index in [0.717, 1.165) is 11.8 Å². The summed E-state index contributed by atoms with van der Waals surface area (Å²) in [5.41, 5.74) is 1.53. The molecule has 0 aliphatic heterocycles. The van der Waals surface area contributed by atoms with Gasteiger partial charge in [-0.15, -0.1) is 0 Å². The summed E-state index contributed by atoms with van der Waals surface area (Å²) in [6.45, 7) is 17.1. The van der Waals surface area contributed by atoms with Crippen molar-refractivity contribution < 1.29 is 0 Å². The van der Waals surface area contributed by atoms with Gasteiger partial charge in [0.1, 0.15) is 0 Å². The summed E-state index contributed by atoms with van der Waals surface area (Å²) >= 11 is -2.33. The Bertz CT molecular complexity index is 342. The van der Waals surface area contributed by atoms with Crippen molar-refractivity contribution >= 4 is 22.0 Å². The van der Waals surface area contributed by atoms with E-state index in [2.05, 4.69) is 72.7 Å². The summed E-state index contributed by atoms with van der Waals surface area (Å²) in [5, 5.41) is 0. The Balaban J connectivity index is 3.48. The fraction of sp³-hybridized carbons (Fsp3) is 0.625. The van der Waals surface area contributed by atoms with E-state index in [1.54, 1.807) is 3.58 Å². The van der Waals surface area contributed by atoms with E-state index in [1.807, 2.05) is 0 Å². The van der Waals surface area contributed by atoms with Gasteiger partial charge >= 0.3 is 112 Å². The molecule has 0 radical (unpaired) electrons. The predicted molar refractivity (Wildman–Crippen MR) is 81.9 cm³/mol. The van der Waals surface area contributed by atoms with Gasteiger partial charge in [0.15, 0.2) is 0 Å². The predicted octanol–water partition coefficient (Wildman–Crippen LogP) is 4.88. The number of benzene rings is 1. The summed E-state index contributed by atoms with van der Waals surface area (Å²) in [5.74, 6) is 0. The molecule has 0 fully saturated rings. The fourth-order valence-corrected chi connectivity index (χ4v) is 24.0. The molecule has 0 unspecified atom stereocenters. The molecule has 96 valence electrons. The van der Waals surface area contributed by atoms with Crippen LogP contribution in [0.3, 0.4) is 0 Å². The van der Waals surface area contributed by atoms with Crippen LogP contribution in [0.15, 0.2) is 24.3 Å². The van der Waals surface area contributed by atoms with Crippen molar-refractivity contribution in [3.8, 4) is 0 Å². The third-order valence-corrected chi connectivity index (χ3v) is 25.1. The van der Waals surface area contributed by atoms with Gasteiger partial charge < -0.3 is 0 Å². The van der Waals surface area contributed by atoms with Crippen molar-refractivity contribution in [1.29, 1.82) is 0 Å². The third-order valence-electron chi connectivity index (χ3n) is 4.48. The number of aryl methyl sites for hydroxylation is 1. The first kappa shape index (κ1) is 15.1. The fourth-order valence-electron chi connectivity index (χ4n) is 3.99. The first-order valence-electron chi connectivity index (χ1n) is 6.91. The van der Waals surface area contributed by atoms with Crippen molar-refractivity contribution in [2.45, 2.75) is 60.3 Å². The second kappa shape index (κ2) is 5.77. The maximum absolute atomic E-state index is 2.46. The van der Waals surface area contributed by atoms with E-state index in [1.165, 1.54) is 5.56 Å². The summed E-state index contributed by atoms with van der Waals surface area (Å²) in [6.07, 6.45) is 0. The molecule has 0 atom stereocenters. The molecule has 0 aromatic heterocycles. The first-order chi connectivity index (χ1) is 7.85.